The van der Waals surface area contributed by atoms with E-state index >= 15 is 0 Å². The summed E-state index contributed by atoms with van der Waals surface area (Å²) in [6.07, 6.45) is 5.11. The summed E-state index contributed by atoms with van der Waals surface area (Å²) in [4.78, 5) is 10.8. The van der Waals surface area contributed by atoms with Crippen LogP contribution in [0.2, 0.25) is 0 Å². The van der Waals surface area contributed by atoms with E-state index in [9.17, 15) is 17.1 Å². The summed E-state index contributed by atoms with van der Waals surface area (Å²) < 4.78 is 36.8. The molecule has 17 heavy (non-hydrogen) atoms. The van der Waals surface area contributed by atoms with Gasteiger partial charge in [-0.25, -0.2) is 4.79 Å². The topological polar surface area (TPSA) is 80.7 Å². The highest BCUT2D eigenvalue weighted by Crippen LogP contribution is 2.23. The van der Waals surface area contributed by atoms with E-state index in [-0.39, 0.29) is 16.7 Å². The van der Waals surface area contributed by atoms with Crippen LogP contribution in [0, 0.1) is 19.3 Å². The van der Waals surface area contributed by atoms with Crippen molar-refractivity contribution in [3.05, 3.63) is 28.8 Å². The second kappa shape index (κ2) is 4.43. The van der Waals surface area contributed by atoms with E-state index in [1.807, 2.05) is 0 Å². The number of rotatable bonds is 3. The molecule has 0 radical (unpaired) electrons. The molecule has 0 fully saturated rings. The molecule has 0 aliphatic carbocycles. The number of terminal acetylenes is 1. The molecule has 0 saturated carbocycles. The van der Waals surface area contributed by atoms with Crippen molar-refractivity contribution in [3.8, 4) is 18.1 Å². The molecule has 1 N–H and O–H groups in total. The summed E-state index contributed by atoms with van der Waals surface area (Å²) in [6.45, 7) is 1.45. The quantitative estimate of drug-likeness (QED) is 0.652. The lowest BCUT2D eigenvalue weighted by Crippen LogP contribution is -2.06. The maximum Gasteiger partial charge on any atom is 0.488 e. The second-order valence-electron chi connectivity index (χ2n) is 3.07. The van der Waals surface area contributed by atoms with E-state index in [1.165, 1.54) is 6.92 Å². The SMILES string of the molecule is C#Cc1cc(OS(=O)(=O)F)cc(C(=O)O)c1C. The molecule has 0 spiro atoms. The van der Waals surface area contributed by atoms with Gasteiger partial charge in [-0.3, -0.25) is 0 Å². The van der Waals surface area contributed by atoms with E-state index in [4.69, 9.17) is 11.5 Å². The van der Waals surface area contributed by atoms with Crippen LogP contribution >= 0.6 is 0 Å². The molecule has 0 amide bonds. The molecule has 0 aromatic heterocycles. The minimum atomic E-state index is -5.22. The van der Waals surface area contributed by atoms with Gasteiger partial charge in [-0.1, -0.05) is 9.81 Å². The molecular formula is C10H7FO5S. The normalized spacial score (nSPS) is 10.6. The van der Waals surface area contributed by atoms with Gasteiger partial charge in [-0.05, 0) is 24.6 Å². The van der Waals surface area contributed by atoms with Gasteiger partial charge in [0.2, 0.25) is 0 Å². The molecule has 0 atom stereocenters. The van der Waals surface area contributed by atoms with Crippen molar-refractivity contribution in [2.45, 2.75) is 6.92 Å². The molecule has 7 heteroatoms. The second-order valence-corrected chi connectivity index (χ2v) is 4.02. The number of carbonyl (C=O) groups is 1. The van der Waals surface area contributed by atoms with Gasteiger partial charge in [-0.2, -0.15) is 8.42 Å². The molecule has 0 unspecified atom stereocenters. The molecule has 0 aliphatic heterocycles. The Hall–Kier alpha value is -2.07. The highest BCUT2D eigenvalue weighted by Gasteiger charge is 2.16. The third kappa shape index (κ3) is 3.19. The van der Waals surface area contributed by atoms with Gasteiger partial charge >= 0.3 is 16.5 Å². The number of benzene rings is 1. The Morgan fingerprint density at radius 1 is 1.53 bits per heavy atom. The monoisotopic (exact) mass is 258 g/mol. The molecular weight excluding hydrogens is 251 g/mol. The molecule has 1 aromatic carbocycles. The number of carboxylic acid groups (broad SMARTS) is 1. The third-order valence-corrected chi connectivity index (χ3v) is 2.35. The summed E-state index contributed by atoms with van der Waals surface area (Å²) in [6, 6.07) is 1.95. The Morgan fingerprint density at radius 3 is 2.53 bits per heavy atom. The van der Waals surface area contributed by atoms with E-state index in [1.54, 1.807) is 0 Å². The Labute approximate surface area is 97.3 Å². The number of aromatic carboxylic acids is 1. The first-order chi connectivity index (χ1) is 7.74. The standard InChI is InChI=1S/C10H7FO5S/c1-3-7-4-8(16-17(11,14)15)5-9(6(7)2)10(12)13/h1,4-5H,2H3,(H,12,13). The highest BCUT2D eigenvalue weighted by atomic mass is 32.3. The van der Waals surface area contributed by atoms with Crippen molar-refractivity contribution >= 4 is 16.5 Å². The molecule has 0 bridgehead atoms. The average molecular weight is 258 g/mol. The Bertz CT molecular complexity index is 612. The maximum absolute atomic E-state index is 12.3. The van der Waals surface area contributed by atoms with Crippen LogP contribution in [0.1, 0.15) is 21.5 Å². The third-order valence-electron chi connectivity index (χ3n) is 1.96. The Morgan fingerprint density at radius 2 is 2.12 bits per heavy atom. The van der Waals surface area contributed by atoms with Gasteiger partial charge in [0.1, 0.15) is 5.75 Å². The molecule has 0 aliphatic rings. The smallest absolute Gasteiger partial charge is 0.478 e. The summed E-state index contributed by atoms with van der Waals surface area (Å²) in [7, 11) is -5.22. The summed E-state index contributed by atoms with van der Waals surface area (Å²) in [5.41, 5.74) is 0.131. The van der Waals surface area contributed by atoms with E-state index in [0.717, 1.165) is 12.1 Å². The molecule has 0 heterocycles. The zero-order valence-electron chi connectivity index (χ0n) is 8.60. The van der Waals surface area contributed by atoms with Gasteiger partial charge in [0.25, 0.3) is 0 Å². The summed E-state index contributed by atoms with van der Waals surface area (Å²) in [5, 5.41) is 8.84. The lowest BCUT2D eigenvalue weighted by atomic mass is 10.0. The first kappa shape index (κ1) is 13.0. The van der Waals surface area contributed by atoms with Gasteiger partial charge in [0.15, 0.2) is 0 Å². The molecule has 0 saturated heterocycles. The van der Waals surface area contributed by atoms with E-state index in [0.29, 0.717) is 0 Å². The largest absolute Gasteiger partial charge is 0.488 e. The number of halogens is 1. The fraction of sp³-hybridized carbons (Fsp3) is 0.100. The Kier molecular flexibility index (Phi) is 3.39. The van der Waals surface area contributed by atoms with Crippen LogP contribution in [0.15, 0.2) is 12.1 Å². The van der Waals surface area contributed by atoms with E-state index < -0.39 is 22.2 Å². The van der Waals surface area contributed by atoms with Gasteiger partial charge in [0, 0.05) is 5.56 Å². The summed E-state index contributed by atoms with van der Waals surface area (Å²) in [5.74, 6) is 0.354. The fourth-order valence-electron chi connectivity index (χ4n) is 1.22. The number of hydrogen-bond donors (Lipinski definition) is 1. The van der Waals surface area contributed by atoms with Crippen LogP contribution in [-0.4, -0.2) is 19.5 Å². The zero-order valence-corrected chi connectivity index (χ0v) is 9.41. The van der Waals surface area contributed by atoms with Crippen LogP contribution in [0.3, 0.4) is 0 Å². The minimum Gasteiger partial charge on any atom is -0.478 e. The van der Waals surface area contributed by atoms with Crippen molar-refractivity contribution in [1.82, 2.24) is 0 Å². The van der Waals surface area contributed by atoms with Gasteiger partial charge < -0.3 is 9.29 Å². The predicted octanol–water partition coefficient (Wildman–Crippen LogP) is 1.27. The maximum atomic E-state index is 12.3. The summed E-state index contributed by atoms with van der Waals surface area (Å²) >= 11 is 0. The molecule has 90 valence electrons. The molecule has 5 nitrogen and oxygen atoms in total. The van der Waals surface area contributed by atoms with Gasteiger partial charge in [-0.15, -0.1) is 6.42 Å². The number of hydrogen-bond acceptors (Lipinski definition) is 4. The molecule has 1 rings (SSSR count). The first-order valence-electron chi connectivity index (χ1n) is 4.23. The van der Waals surface area contributed by atoms with Gasteiger partial charge in [0.05, 0.1) is 5.56 Å². The number of carboxylic acids is 1. The van der Waals surface area contributed by atoms with Crippen molar-refractivity contribution in [3.63, 3.8) is 0 Å². The average Bonchev–Trinajstić information content (AvgIpc) is 2.17. The Balaban J connectivity index is 3.42. The van der Waals surface area contributed by atoms with Crippen LogP contribution < -0.4 is 4.18 Å². The zero-order chi connectivity index (χ0) is 13.2. The van der Waals surface area contributed by atoms with Crippen LogP contribution in [-0.2, 0) is 10.5 Å². The van der Waals surface area contributed by atoms with Crippen LogP contribution in [0.25, 0.3) is 0 Å². The van der Waals surface area contributed by atoms with Crippen molar-refractivity contribution < 1.29 is 26.4 Å². The van der Waals surface area contributed by atoms with Crippen molar-refractivity contribution in [2.24, 2.45) is 0 Å². The van der Waals surface area contributed by atoms with Crippen molar-refractivity contribution in [2.75, 3.05) is 0 Å². The fourth-order valence-corrected chi connectivity index (χ4v) is 1.55. The lowest BCUT2D eigenvalue weighted by Gasteiger charge is -2.07. The van der Waals surface area contributed by atoms with Crippen LogP contribution in [0.5, 0.6) is 5.75 Å². The minimum absolute atomic E-state index is 0.114. The molecule has 1 aromatic rings. The predicted molar refractivity (Wildman–Crippen MR) is 56.7 cm³/mol. The highest BCUT2D eigenvalue weighted by molar-refractivity contribution is 7.81. The van der Waals surface area contributed by atoms with Crippen molar-refractivity contribution in [1.29, 1.82) is 0 Å². The van der Waals surface area contributed by atoms with E-state index in [2.05, 4.69) is 10.1 Å². The van der Waals surface area contributed by atoms with Crippen LogP contribution in [0.4, 0.5) is 3.89 Å². The lowest BCUT2D eigenvalue weighted by molar-refractivity contribution is 0.0695. The first-order valence-corrected chi connectivity index (χ1v) is 5.54.